The van der Waals surface area contributed by atoms with Crippen LogP contribution in [0.3, 0.4) is 0 Å². The molecule has 2 heterocycles. The van der Waals surface area contributed by atoms with E-state index in [-0.39, 0.29) is 24.0 Å². The van der Waals surface area contributed by atoms with Gasteiger partial charge in [-0.05, 0) is 50.2 Å². The molecule has 1 saturated heterocycles. The maximum Gasteiger partial charge on any atom is 0.252 e. The zero-order chi connectivity index (χ0) is 18.0. The van der Waals surface area contributed by atoms with Crippen molar-refractivity contribution in [2.75, 3.05) is 11.6 Å². The van der Waals surface area contributed by atoms with Gasteiger partial charge in [-0.15, -0.1) is 0 Å². The molecule has 25 heavy (non-hydrogen) atoms. The lowest BCUT2D eigenvalue weighted by Crippen LogP contribution is -2.51. The molecular weight excluding hydrogens is 336 g/mol. The van der Waals surface area contributed by atoms with Crippen molar-refractivity contribution in [2.24, 2.45) is 0 Å². The largest absolute Gasteiger partial charge is 0.295 e. The summed E-state index contributed by atoms with van der Waals surface area (Å²) in [4.78, 5) is 17.8. The number of hydrogen-bond acceptors (Lipinski definition) is 4. The molecule has 0 spiro atoms. The van der Waals surface area contributed by atoms with Crippen molar-refractivity contribution in [3.63, 3.8) is 0 Å². The summed E-state index contributed by atoms with van der Waals surface area (Å²) >= 11 is 6.18. The van der Waals surface area contributed by atoms with Crippen molar-refractivity contribution in [3.8, 4) is 0 Å². The fourth-order valence-corrected chi connectivity index (χ4v) is 3.54. The second-order valence-electron chi connectivity index (χ2n) is 6.34. The smallest absolute Gasteiger partial charge is 0.252 e. The first-order valence-electron chi connectivity index (χ1n) is 8.56. The Morgan fingerprint density at radius 3 is 2.64 bits per heavy atom. The molecule has 2 atom stereocenters. The van der Waals surface area contributed by atoms with Crippen LogP contribution in [0.15, 0.2) is 48.7 Å². The molecule has 1 N–H and O–H groups in total. The molecule has 1 amide bonds. The summed E-state index contributed by atoms with van der Waals surface area (Å²) in [5.41, 5.74) is 0.910. The predicted molar refractivity (Wildman–Crippen MR) is 100 cm³/mol. The Bertz CT molecular complexity index is 737. The number of halogens is 1. The van der Waals surface area contributed by atoms with E-state index in [2.05, 4.69) is 10.3 Å². The SMILES string of the molecule is CCNC1C(c2cccc(Cl)c2)C(=O)N(C(C)C)N1c1ccccn1. The van der Waals surface area contributed by atoms with Crippen LogP contribution in [0.25, 0.3) is 0 Å². The zero-order valence-corrected chi connectivity index (χ0v) is 15.4. The van der Waals surface area contributed by atoms with Gasteiger partial charge in [0, 0.05) is 17.3 Å². The first-order valence-corrected chi connectivity index (χ1v) is 8.94. The summed E-state index contributed by atoms with van der Waals surface area (Å²) in [6.45, 7) is 6.80. The third kappa shape index (κ3) is 3.34. The Balaban J connectivity index is 2.10. The third-order valence-corrected chi connectivity index (χ3v) is 4.53. The Hall–Kier alpha value is -2.11. The molecule has 2 unspecified atom stereocenters. The highest BCUT2D eigenvalue weighted by Crippen LogP contribution is 2.37. The zero-order valence-electron chi connectivity index (χ0n) is 14.7. The number of nitrogens with one attached hydrogen (secondary N) is 1. The molecule has 0 radical (unpaired) electrons. The molecule has 5 nitrogen and oxygen atoms in total. The van der Waals surface area contributed by atoms with Gasteiger partial charge in [0.25, 0.3) is 5.91 Å². The second kappa shape index (κ2) is 7.42. The van der Waals surface area contributed by atoms with Gasteiger partial charge in [-0.1, -0.05) is 36.7 Å². The molecule has 132 valence electrons. The van der Waals surface area contributed by atoms with E-state index in [9.17, 15) is 4.79 Å². The maximum atomic E-state index is 13.3. The van der Waals surface area contributed by atoms with Gasteiger partial charge in [0.2, 0.25) is 0 Å². The minimum absolute atomic E-state index is 0.0137. The molecule has 1 fully saturated rings. The Labute approximate surface area is 153 Å². The van der Waals surface area contributed by atoms with Crippen LogP contribution >= 0.6 is 11.6 Å². The second-order valence-corrected chi connectivity index (χ2v) is 6.78. The monoisotopic (exact) mass is 358 g/mol. The van der Waals surface area contributed by atoms with Crippen molar-refractivity contribution < 1.29 is 4.79 Å². The average Bonchev–Trinajstić information content (AvgIpc) is 2.88. The fraction of sp³-hybridized carbons (Fsp3) is 0.368. The molecule has 1 aliphatic rings. The van der Waals surface area contributed by atoms with E-state index in [1.165, 1.54) is 0 Å². The number of carbonyl (C=O) groups is 1. The van der Waals surface area contributed by atoms with Gasteiger partial charge in [-0.3, -0.25) is 10.1 Å². The van der Waals surface area contributed by atoms with Gasteiger partial charge >= 0.3 is 0 Å². The van der Waals surface area contributed by atoms with E-state index in [1.54, 1.807) is 11.2 Å². The minimum Gasteiger partial charge on any atom is -0.295 e. The van der Waals surface area contributed by atoms with Crippen LogP contribution in [0.5, 0.6) is 0 Å². The van der Waals surface area contributed by atoms with Gasteiger partial charge < -0.3 is 0 Å². The number of benzene rings is 1. The predicted octanol–water partition coefficient (Wildman–Crippen LogP) is 3.43. The van der Waals surface area contributed by atoms with E-state index in [0.717, 1.165) is 17.9 Å². The number of carbonyl (C=O) groups excluding carboxylic acids is 1. The highest BCUT2D eigenvalue weighted by Gasteiger charge is 2.48. The van der Waals surface area contributed by atoms with Crippen LogP contribution in [0, 0.1) is 0 Å². The summed E-state index contributed by atoms with van der Waals surface area (Å²) in [7, 11) is 0. The van der Waals surface area contributed by atoms with Gasteiger partial charge in [0.05, 0.1) is 0 Å². The molecule has 3 rings (SSSR count). The molecule has 1 aromatic heterocycles. The van der Waals surface area contributed by atoms with Crippen LogP contribution in [-0.4, -0.2) is 34.7 Å². The summed E-state index contributed by atoms with van der Waals surface area (Å²) < 4.78 is 0. The number of nitrogens with zero attached hydrogens (tertiary/aromatic N) is 3. The Morgan fingerprint density at radius 2 is 2.04 bits per heavy atom. The van der Waals surface area contributed by atoms with Gasteiger partial charge in [0.15, 0.2) is 0 Å². The van der Waals surface area contributed by atoms with E-state index in [4.69, 9.17) is 11.6 Å². The number of aromatic nitrogens is 1. The van der Waals surface area contributed by atoms with E-state index >= 15 is 0 Å². The van der Waals surface area contributed by atoms with Crippen LogP contribution in [0.1, 0.15) is 32.3 Å². The van der Waals surface area contributed by atoms with E-state index in [1.807, 2.05) is 68.2 Å². The molecule has 1 aliphatic heterocycles. The van der Waals surface area contributed by atoms with Crippen molar-refractivity contribution in [1.82, 2.24) is 15.3 Å². The number of amides is 1. The summed E-state index contributed by atoms with van der Waals surface area (Å²) in [5, 5.41) is 7.86. The number of hydrazine groups is 1. The number of hydrogen-bond donors (Lipinski definition) is 1. The van der Waals surface area contributed by atoms with E-state index in [0.29, 0.717) is 5.02 Å². The first-order chi connectivity index (χ1) is 12.0. The topological polar surface area (TPSA) is 48.5 Å². The molecule has 0 aliphatic carbocycles. The molecule has 2 aromatic rings. The molecule has 1 aromatic carbocycles. The van der Waals surface area contributed by atoms with Crippen molar-refractivity contribution in [2.45, 2.75) is 38.9 Å². The Kier molecular flexibility index (Phi) is 5.25. The van der Waals surface area contributed by atoms with Gasteiger partial charge in [-0.25, -0.2) is 15.0 Å². The lowest BCUT2D eigenvalue weighted by molar-refractivity contribution is -0.130. The maximum absolute atomic E-state index is 13.3. The lowest BCUT2D eigenvalue weighted by atomic mass is 9.96. The number of anilines is 1. The molecular formula is C19H23ClN4O. The molecule has 0 saturated carbocycles. The number of likely N-dealkylation sites (N-methyl/N-ethyl adjacent to an activating group) is 1. The van der Waals surface area contributed by atoms with E-state index < -0.39 is 0 Å². The van der Waals surface area contributed by atoms with Crippen LogP contribution in [0.2, 0.25) is 5.02 Å². The normalized spacial score (nSPS) is 20.6. The quantitative estimate of drug-likeness (QED) is 0.889. The van der Waals surface area contributed by atoms with Crippen LogP contribution in [-0.2, 0) is 4.79 Å². The lowest BCUT2D eigenvalue weighted by Gasteiger charge is -2.35. The standard InChI is InChI=1S/C19H23ClN4O/c1-4-21-18-17(14-8-7-9-15(20)12-14)19(25)23(13(2)3)24(18)16-10-5-6-11-22-16/h5-13,17-18,21H,4H2,1-3H3. The highest BCUT2D eigenvalue weighted by molar-refractivity contribution is 6.30. The Morgan fingerprint density at radius 1 is 1.24 bits per heavy atom. The van der Waals surface area contributed by atoms with Crippen molar-refractivity contribution in [3.05, 3.63) is 59.2 Å². The number of pyridine rings is 1. The third-order valence-electron chi connectivity index (χ3n) is 4.30. The first kappa shape index (κ1) is 17.7. The number of rotatable bonds is 5. The van der Waals surface area contributed by atoms with Crippen LogP contribution in [0.4, 0.5) is 5.82 Å². The van der Waals surface area contributed by atoms with Gasteiger partial charge in [-0.2, -0.15) is 0 Å². The summed E-state index contributed by atoms with van der Waals surface area (Å²) in [6.07, 6.45) is 1.53. The summed E-state index contributed by atoms with van der Waals surface area (Å²) in [5.74, 6) is 0.456. The van der Waals surface area contributed by atoms with Crippen molar-refractivity contribution in [1.29, 1.82) is 0 Å². The highest BCUT2D eigenvalue weighted by atomic mass is 35.5. The minimum atomic E-state index is -0.344. The fourth-order valence-electron chi connectivity index (χ4n) is 3.34. The van der Waals surface area contributed by atoms with Crippen LogP contribution < -0.4 is 10.3 Å². The van der Waals surface area contributed by atoms with Gasteiger partial charge in [0.1, 0.15) is 17.9 Å². The van der Waals surface area contributed by atoms with Crippen molar-refractivity contribution >= 4 is 23.3 Å². The molecule has 0 bridgehead atoms. The average molecular weight is 359 g/mol. The summed E-state index contributed by atoms with van der Waals surface area (Å²) in [6, 6.07) is 13.3. The molecule has 6 heteroatoms.